The predicted molar refractivity (Wildman–Crippen MR) is 62.5 cm³/mol. The molecule has 0 radical (unpaired) electrons. The molecule has 0 unspecified atom stereocenters. The van der Waals surface area contributed by atoms with Gasteiger partial charge in [0.2, 0.25) is 5.96 Å². The van der Waals surface area contributed by atoms with Crippen molar-refractivity contribution in [3.63, 3.8) is 0 Å². The van der Waals surface area contributed by atoms with Crippen LogP contribution < -0.4 is 11.5 Å². The summed E-state index contributed by atoms with van der Waals surface area (Å²) in [5, 5.41) is 6.69. The zero-order chi connectivity index (χ0) is 11.4. The molecule has 80 valence electrons. The zero-order valence-electron chi connectivity index (χ0n) is 7.42. The van der Waals surface area contributed by atoms with Crippen LogP contribution in [0.1, 0.15) is 5.56 Å². The Balaban J connectivity index is 3.09. The first kappa shape index (κ1) is 11.8. The number of hydrogen-bond donors (Lipinski definition) is 2. The van der Waals surface area contributed by atoms with Crippen LogP contribution in [0, 0.1) is 15.2 Å². The van der Waals surface area contributed by atoms with Crippen molar-refractivity contribution in [3.8, 4) is 0 Å². The Bertz CT molecular complexity index is 427. The van der Waals surface area contributed by atoms with Gasteiger partial charge in [-0.3, -0.25) is 0 Å². The maximum atomic E-state index is 13.2. The molecule has 4 nitrogen and oxygen atoms in total. The van der Waals surface area contributed by atoms with Crippen LogP contribution in [0.25, 0.3) is 0 Å². The van der Waals surface area contributed by atoms with Gasteiger partial charge in [0, 0.05) is 9.13 Å². The molecule has 0 heterocycles. The highest BCUT2D eigenvalue weighted by Gasteiger charge is 2.09. The Labute approximate surface area is 98.2 Å². The molecule has 0 saturated heterocycles. The third-order valence-corrected chi connectivity index (χ3v) is 2.38. The Morgan fingerprint density at radius 2 is 2.00 bits per heavy atom. The van der Waals surface area contributed by atoms with Gasteiger partial charge in [-0.05, 0) is 34.7 Å². The average molecular weight is 324 g/mol. The lowest BCUT2D eigenvalue weighted by Crippen LogP contribution is -2.21. The third-order valence-electron chi connectivity index (χ3n) is 1.44. The van der Waals surface area contributed by atoms with E-state index in [2.05, 4.69) is 10.2 Å². The molecular formula is C8H7F2IN4. The highest BCUT2D eigenvalue weighted by Crippen LogP contribution is 2.16. The summed E-state index contributed by atoms with van der Waals surface area (Å²) in [6, 6.07) is 2.46. The molecule has 7 heteroatoms. The van der Waals surface area contributed by atoms with E-state index in [0.717, 1.165) is 12.3 Å². The van der Waals surface area contributed by atoms with Gasteiger partial charge >= 0.3 is 0 Å². The van der Waals surface area contributed by atoms with E-state index in [1.165, 1.54) is 6.07 Å². The van der Waals surface area contributed by atoms with E-state index in [-0.39, 0.29) is 11.5 Å². The molecule has 0 aliphatic heterocycles. The minimum Gasteiger partial charge on any atom is -0.369 e. The van der Waals surface area contributed by atoms with E-state index in [1.807, 2.05) is 22.6 Å². The maximum Gasteiger partial charge on any atom is 0.211 e. The van der Waals surface area contributed by atoms with E-state index in [4.69, 9.17) is 11.5 Å². The van der Waals surface area contributed by atoms with Crippen LogP contribution in [0.3, 0.4) is 0 Å². The maximum absolute atomic E-state index is 13.2. The van der Waals surface area contributed by atoms with E-state index >= 15 is 0 Å². The van der Waals surface area contributed by atoms with Crippen molar-refractivity contribution in [2.75, 3.05) is 0 Å². The number of guanidine groups is 1. The molecule has 1 aromatic carbocycles. The molecule has 0 spiro atoms. The largest absolute Gasteiger partial charge is 0.369 e. The summed E-state index contributed by atoms with van der Waals surface area (Å²) < 4.78 is 26.5. The van der Waals surface area contributed by atoms with Gasteiger partial charge in [-0.1, -0.05) is 0 Å². The van der Waals surface area contributed by atoms with Gasteiger partial charge in [0.1, 0.15) is 0 Å². The summed E-state index contributed by atoms with van der Waals surface area (Å²) in [5.41, 5.74) is 10.0. The van der Waals surface area contributed by atoms with Gasteiger partial charge in [-0.2, -0.15) is 5.10 Å². The summed E-state index contributed by atoms with van der Waals surface area (Å²) in [6.45, 7) is 0. The van der Waals surface area contributed by atoms with E-state index in [9.17, 15) is 8.78 Å². The second-order valence-electron chi connectivity index (χ2n) is 2.53. The van der Waals surface area contributed by atoms with Crippen molar-refractivity contribution >= 4 is 34.8 Å². The van der Waals surface area contributed by atoms with Crippen LogP contribution in [0.2, 0.25) is 0 Å². The molecule has 0 bridgehead atoms. The second kappa shape index (κ2) is 5.01. The molecule has 15 heavy (non-hydrogen) atoms. The predicted octanol–water partition coefficient (Wildman–Crippen LogP) is 1.18. The molecule has 0 amide bonds. The van der Waals surface area contributed by atoms with Crippen LogP contribution in [-0.2, 0) is 0 Å². The molecule has 0 atom stereocenters. The van der Waals surface area contributed by atoms with Crippen molar-refractivity contribution in [2.45, 2.75) is 0 Å². The van der Waals surface area contributed by atoms with Crippen LogP contribution >= 0.6 is 22.6 Å². The second-order valence-corrected chi connectivity index (χ2v) is 3.69. The summed E-state index contributed by atoms with van der Waals surface area (Å²) in [6.07, 6.45) is 1.06. The molecule has 0 saturated carbocycles. The molecule has 1 aromatic rings. The standard InChI is InChI=1S/C8H7F2IN4/c9-5-1-2-6(11)4(7(5)10)3-14-15-8(12)13/h1-3H,(H4,12,13,15). The van der Waals surface area contributed by atoms with Gasteiger partial charge < -0.3 is 11.5 Å². The fourth-order valence-electron chi connectivity index (χ4n) is 0.814. The molecule has 1 rings (SSSR count). The number of rotatable bonds is 2. The number of benzene rings is 1. The Morgan fingerprint density at radius 3 is 2.60 bits per heavy atom. The van der Waals surface area contributed by atoms with Gasteiger partial charge in [0.25, 0.3) is 0 Å². The summed E-state index contributed by atoms with van der Waals surface area (Å²) >= 11 is 1.85. The van der Waals surface area contributed by atoms with Crippen LogP contribution in [0.5, 0.6) is 0 Å². The van der Waals surface area contributed by atoms with E-state index < -0.39 is 11.6 Å². The van der Waals surface area contributed by atoms with Gasteiger partial charge in [-0.15, -0.1) is 5.10 Å². The Kier molecular flexibility index (Phi) is 3.95. The molecule has 4 N–H and O–H groups in total. The van der Waals surface area contributed by atoms with Crippen LogP contribution in [0.4, 0.5) is 8.78 Å². The number of halogens is 3. The van der Waals surface area contributed by atoms with Crippen molar-refractivity contribution in [1.82, 2.24) is 0 Å². The molecule has 0 aromatic heterocycles. The molecule has 0 aliphatic rings. The normalized spacial score (nSPS) is 10.6. The minimum absolute atomic E-state index is 0.0144. The first-order chi connectivity index (χ1) is 7.02. The molecular weight excluding hydrogens is 317 g/mol. The van der Waals surface area contributed by atoms with Gasteiger partial charge in [0.15, 0.2) is 11.6 Å². The molecule has 0 aliphatic carbocycles. The van der Waals surface area contributed by atoms with E-state index in [1.54, 1.807) is 0 Å². The Morgan fingerprint density at radius 1 is 1.33 bits per heavy atom. The topological polar surface area (TPSA) is 76.8 Å². The van der Waals surface area contributed by atoms with Crippen LogP contribution in [-0.4, -0.2) is 12.2 Å². The molecule has 0 fully saturated rings. The van der Waals surface area contributed by atoms with Crippen molar-refractivity contribution < 1.29 is 8.78 Å². The van der Waals surface area contributed by atoms with Gasteiger partial charge in [0.05, 0.1) is 6.21 Å². The van der Waals surface area contributed by atoms with E-state index in [0.29, 0.717) is 3.57 Å². The third kappa shape index (κ3) is 3.11. The summed E-state index contributed by atoms with van der Waals surface area (Å²) in [5.74, 6) is -2.17. The Hall–Kier alpha value is -1.25. The van der Waals surface area contributed by atoms with Crippen molar-refractivity contribution in [2.24, 2.45) is 21.7 Å². The summed E-state index contributed by atoms with van der Waals surface area (Å²) in [4.78, 5) is 0. The fourth-order valence-corrected chi connectivity index (χ4v) is 1.37. The van der Waals surface area contributed by atoms with Gasteiger partial charge in [-0.25, -0.2) is 8.78 Å². The van der Waals surface area contributed by atoms with Crippen molar-refractivity contribution in [1.29, 1.82) is 0 Å². The zero-order valence-corrected chi connectivity index (χ0v) is 9.57. The lowest BCUT2D eigenvalue weighted by molar-refractivity contribution is 0.506. The fraction of sp³-hybridized carbons (Fsp3) is 0. The average Bonchev–Trinajstić information content (AvgIpc) is 2.17. The highest BCUT2D eigenvalue weighted by molar-refractivity contribution is 14.1. The number of nitrogens with two attached hydrogens (primary N) is 2. The summed E-state index contributed by atoms with van der Waals surface area (Å²) in [7, 11) is 0. The SMILES string of the molecule is NC(N)=NN=Cc1c(I)ccc(F)c1F. The monoisotopic (exact) mass is 324 g/mol. The highest BCUT2D eigenvalue weighted by atomic mass is 127. The quantitative estimate of drug-likeness (QED) is 0.282. The lowest BCUT2D eigenvalue weighted by Gasteiger charge is -1.99. The first-order valence-electron chi connectivity index (χ1n) is 3.78. The smallest absolute Gasteiger partial charge is 0.211 e. The first-order valence-corrected chi connectivity index (χ1v) is 4.85. The van der Waals surface area contributed by atoms with Crippen molar-refractivity contribution in [3.05, 3.63) is 32.9 Å². The van der Waals surface area contributed by atoms with Crippen LogP contribution in [0.15, 0.2) is 22.3 Å². The number of hydrogen-bond acceptors (Lipinski definition) is 2. The minimum atomic E-state index is -0.976. The lowest BCUT2D eigenvalue weighted by atomic mass is 10.2. The number of nitrogens with zero attached hydrogens (tertiary/aromatic N) is 2.